The number of nitrogens with one attached hydrogen (secondary N) is 4. The van der Waals surface area contributed by atoms with E-state index >= 15 is 0 Å². The Morgan fingerprint density at radius 3 is 2.13 bits per heavy atom. The highest BCUT2D eigenvalue weighted by Gasteiger charge is 2.34. The molecule has 5 amide bonds. The van der Waals surface area contributed by atoms with Crippen LogP contribution >= 0.6 is 0 Å². The quantitative estimate of drug-likeness (QED) is 0.384. The van der Waals surface area contributed by atoms with Crippen LogP contribution in [0.15, 0.2) is 24.3 Å². The van der Waals surface area contributed by atoms with Crippen molar-refractivity contribution in [1.29, 1.82) is 0 Å². The lowest BCUT2D eigenvalue weighted by atomic mass is 9.98. The maximum Gasteiger partial charge on any atom is 0.255 e. The van der Waals surface area contributed by atoms with Crippen molar-refractivity contribution in [2.24, 2.45) is 17.8 Å². The number of nitrogens with zero attached hydrogens (tertiary/aromatic N) is 1. The summed E-state index contributed by atoms with van der Waals surface area (Å²) in [4.78, 5) is 69.5. The molecule has 2 aliphatic heterocycles. The Kier molecular flexibility index (Phi) is 13.4. The van der Waals surface area contributed by atoms with E-state index in [1.165, 1.54) is 0 Å². The van der Waals surface area contributed by atoms with Gasteiger partial charge in [-0.3, -0.25) is 24.0 Å². The van der Waals surface area contributed by atoms with Crippen molar-refractivity contribution >= 4 is 29.5 Å². The van der Waals surface area contributed by atoms with Crippen molar-refractivity contribution in [3.8, 4) is 5.75 Å². The summed E-state index contributed by atoms with van der Waals surface area (Å²) in [5, 5.41) is 11.6. The molecule has 46 heavy (non-hydrogen) atoms. The Labute approximate surface area is 273 Å². The molecule has 1 aromatic rings. The van der Waals surface area contributed by atoms with Gasteiger partial charge in [-0.25, -0.2) is 0 Å². The second kappa shape index (κ2) is 16.8. The van der Waals surface area contributed by atoms with Crippen LogP contribution in [0.3, 0.4) is 0 Å². The SMILES string of the molecule is CC(C)C[C@H]1NC(=O)CC[C@@H](C(=O)N2C[C@@H](C)O[C@@H](C)C2)NC(=O)c2ccccc2OC[C@@H](C(C)C)NC(=O)[C@H](C(C)C)NC1=O. The van der Waals surface area contributed by atoms with E-state index in [2.05, 4.69) is 21.3 Å². The summed E-state index contributed by atoms with van der Waals surface area (Å²) in [6.45, 7) is 16.0. The molecule has 1 aromatic carbocycles. The number of ether oxygens (including phenoxy) is 2. The largest absolute Gasteiger partial charge is 0.491 e. The van der Waals surface area contributed by atoms with Crippen LogP contribution in [-0.4, -0.2) is 90.5 Å². The van der Waals surface area contributed by atoms with E-state index in [1.54, 1.807) is 29.2 Å². The number of hydrogen-bond acceptors (Lipinski definition) is 7. The Hall–Kier alpha value is -3.67. The van der Waals surface area contributed by atoms with E-state index in [1.807, 2.05) is 55.4 Å². The molecule has 0 saturated carbocycles. The predicted octanol–water partition coefficient (Wildman–Crippen LogP) is 2.41. The van der Waals surface area contributed by atoms with E-state index in [4.69, 9.17) is 9.47 Å². The molecular weight excluding hydrogens is 590 g/mol. The number of hydrogen-bond donors (Lipinski definition) is 4. The van der Waals surface area contributed by atoms with Gasteiger partial charge in [-0.05, 0) is 56.6 Å². The number of carbonyl (C=O) groups excluding carboxylic acids is 5. The molecule has 0 unspecified atom stereocenters. The number of rotatable bonds is 5. The van der Waals surface area contributed by atoms with Gasteiger partial charge in [0.15, 0.2) is 0 Å². The van der Waals surface area contributed by atoms with E-state index < -0.39 is 41.9 Å². The van der Waals surface area contributed by atoms with E-state index in [0.29, 0.717) is 25.3 Å². The summed E-state index contributed by atoms with van der Waals surface area (Å²) < 4.78 is 11.9. The van der Waals surface area contributed by atoms with Crippen molar-refractivity contribution < 1.29 is 33.4 Å². The minimum Gasteiger partial charge on any atom is -0.491 e. The Morgan fingerprint density at radius 1 is 0.870 bits per heavy atom. The molecule has 2 heterocycles. The van der Waals surface area contributed by atoms with Crippen molar-refractivity contribution in [2.75, 3.05) is 19.7 Å². The van der Waals surface area contributed by atoms with Crippen LogP contribution in [-0.2, 0) is 23.9 Å². The molecular formula is C34H53N5O7. The van der Waals surface area contributed by atoms with Crippen LogP contribution in [0.5, 0.6) is 5.75 Å². The van der Waals surface area contributed by atoms with Crippen LogP contribution in [0, 0.1) is 17.8 Å². The number of benzene rings is 1. The lowest BCUT2D eigenvalue weighted by molar-refractivity contribution is -0.145. The number of fused-ring (bicyclic) bond motifs is 1. The minimum atomic E-state index is -1.01. The van der Waals surface area contributed by atoms with Crippen LogP contribution < -0.4 is 26.0 Å². The highest BCUT2D eigenvalue weighted by molar-refractivity contribution is 6.00. The highest BCUT2D eigenvalue weighted by atomic mass is 16.5. The first-order valence-corrected chi connectivity index (χ1v) is 16.5. The molecule has 0 aliphatic carbocycles. The van der Waals surface area contributed by atoms with Gasteiger partial charge in [0.25, 0.3) is 5.91 Å². The van der Waals surface area contributed by atoms with Crippen LogP contribution in [0.1, 0.15) is 85.0 Å². The van der Waals surface area contributed by atoms with Crippen molar-refractivity contribution in [3.63, 3.8) is 0 Å². The molecule has 1 saturated heterocycles. The first-order chi connectivity index (χ1) is 21.7. The van der Waals surface area contributed by atoms with Crippen molar-refractivity contribution in [3.05, 3.63) is 29.8 Å². The van der Waals surface area contributed by atoms with Gasteiger partial charge in [0.05, 0.1) is 23.8 Å². The molecule has 12 heteroatoms. The smallest absolute Gasteiger partial charge is 0.255 e. The predicted molar refractivity (Wildman–Crippen MR) is 174 cm³/mol. The number of amides is 5. The van der Waals surface area contributed by atoms with Gasteiger partial charge in [0, 0.05) is 19.5 Å². The zero-order chi connectivity index (χ0) is 34.1. The van der Waals surface area contributed by atoms with Crippen LogP contribution in [0.2, 0.25) is 0 Å². The number of carbonyl (C=O) groups is 5. The lowest BCUT2D eigenvalue weighted by Gasteiger charge is -2.37. The summed E-state index contributed by atoms with van der Waals surface area (Å²) in [7, 11) is 0. The summed E-state index contributed by atoms with van der Waals surface area (Å²) in [5.41, 5.74) is 0.229. The lowest BCUT2D eigenvalue weighted by Crippen LogP contribution is -2.58. The fraction of sp³-hybridized carbons (Fsp3) is 0.676. The molecule has 6 atom stereocenters. The van der Waals surface area contributed by atoms with Gasteiger partial charge in [-0.1, -0.05) is 53.7 Å². The van der Waals surface area contributed by atoms with Gasteiger partial charge >= 0.3 is 0 Å². The van der Waals surface area contributed by atoms with Crippen LogP contribution in [0.4, 0.5) is 0 Å². The zero-order valence-electron chi connectivity index (χ0n) is 28.6. The Morgan fingerprint density at radius 2 is 1.52 bits per heavy atom. The molecule has 1 fully saturated rings. The van der Waals surface area contributed by atoms with Gasteiger partial charge in [-0.2, -0.15) is 0 Å². The Balaban J connectivity index is 1.99. The zero-order valence-corrected chi connectivity index (χ0v) is 28.6. The highest BCUT2D eigenvalue weighted by Crippen LogP contribution is 2.21. The van der Waals surface area contributed by atoms with Crippen LogP contribution in [0.25, 0.3) is 0 Å². The van der Waals surface area contributed by atoms with E-state index in [9.17, 15) is 24.0 Å². The molecule has 3 rings (SSSR count). The van der Waals surface area contributed by atoms with Gasteiger partial charge < -0.3 is 35.6 Å². The fourth-order valence-corrected chi connectivity index (χ4v) is 5.74. The fourth-order valence-electron chi connectivity index (χ4n) is 5.74. The second-order valence-corrected chi connectivity index (χ2v) is 13.7. The Bertz CT molecular complexity index is 1230. The molecule has 0 radical (unpaired) electrons. The number of para-hydroxylation sites is 1. The standard InChI is InChI=1S/C34H53N5O7/c1-19(2)15-26-32(42)38-30(21(5)6)33(43)37-27(20(3)4)18-45-28-12-10-9-11-24(28)31(41)36-25(13-14-29(40)35-26)34(44)39-16-22(7)46-23(8)17-39/h9-12,19-23,25-27,30H,13-18H2,1-8H3,(H,35,40)(H,36,41)(H,37,43)(H,38,42)/t22-,23+,25-,26+,27-,30-/m0/s1. The molecule has 0 aromatic heterocycles. The summed E-state index contributed by atoms with van der Waals surface area (Å²) in [5.74, 6) is -1.99. The van der Waals surface area contributed by atoms with Crippen molar-refractivity contribution in [2.45, 2.75) is 111 Å². The summed E-state index contributed by atoms with van der Waals surface area (Å²) in [6.07, 6.45) is -0.108. The maximum atomic E-state index is 13.8. The average Bonchev–Trinajstić information content (AvgIpc) is 2.97. The third kappa shape index (κ3) is 10.4. The van der Waals surface area contributed by atoms with E-state index in [-0.39, 0.29) is 66.8 Å². The monoisotopic (exact) mass is 643 g/mol. The van der Waals surface area contributed by atoms with E-state index in [0.717, 1.165) is 0 Å². The molecule has 12 nitrogen and oxygen atoms in total. The molecule has 2 aliphatic rings. The van der Waals surface area contributed by atoms with Gasteiger partial charge in [-0.15, -0.1) is 0 Å². The molecule has 256 valence electrons. The third-order valence-electron chi connectivity index (χ3n) is 8.28. The van der Waals surface area contributed by atoms with Gasteiger partial charge in [0.2, 0.25) is 23.6 Å². The second-order valence-electron chi connectivity index (χ2n) is 13.7. The minimum absolute atomic E-state index is 0.0159. The third-order valence-corrected chi connectivity index (χ3v) is 8.28. The average molecular weight is 644 g/mol. The molecule has 4 N–H and O–H groups in total. The maximum absolute atomic E-state index is 13.8. The molecule has 0 spiro atoms. The normalized spacial score (nSPS) is 27.5. The number of morpholine rings is 1. The van der Waals surface area contributed by atoms with Crippen molar-refractivity contribution in [1.82, 2.24) is 26.2 Å². The van der Waals surface area contributed by atoms with Gasteiger partial charge in [0.1, 0.15) is 30.5 Å². The topological polar surface area (TPSA) is 155 Å². The molecule has 0 bridgehead atoms. The summed E-state index contributed by atoms with van der Waals surface area (Å²) >= 11 is 0. The summed E-state index contributed by atoms with van der Waals surface area (Å²) in [6, 6.07) is 3.53. The first-order valence-electron chi connectivity index (χ1n) is 16.5. The first kappa shape index (κ1) is 36.8.